The standard InChI is InChI=1S/C25H33N5O5.2C2H6/c1-5-30-20(8-9-27-30)18-7-6-17(23-22(18)26-13-35-23)19(12-31)28-24(33)21-10-16(32)11-29(21)25(34)15(4)14(2)3;2*1-2/h6-9,13-16,19,21,31-32H,5,10-12H2,1-4H3,(H,28,33);2*1-2H3. The number of rotatable bonds is 8. The van der Waals surface area contributed by atoms with Gasteiger partial charge in [-0.25, -0.2) is 4.98 Å². The minimum atomic E-state index is -0.809. The summed E-state index contributed by atoms with van der Waals surface area (Å²) in [5.41, 5.74) is 3.35. The van der Waals surface area contributed by atoms with E-state index in [-0.39, 0.29) is 37.3 Å². The molecule has 2 aromatic heterocycles. The molecule has 3 aromatic rings. The van der Waals surface area contributed by atoms with Crippen LogP contribution < -0.4 is 5.32 Å². The number of oxazole rings is 1. The number of nitrogens with zero attached hydrogens (tertiary/aromatic N) is 4. The molecule has 0 aliphatic carbocycles. The van der Waals surface area contributed by atoms with Crippen molar-refractivity contribution in [3.05, 3.63) is 36.4 Å². The Balaban J connectivity index is 0.00000127. The number of aromatic nitrogens is 3. The zero-order chi connectivity index (χ0) is 29.3. The second kappa shape index (κ2) is 14.8. The maximum absolute atomic E-state index is 13.3. The summed E-state index contributed by atoms with van der Waals surface area (Å²) in [6.07, 6.45) is 2.43. The van der Waals surface area contributed by atoms with Crippen molar-refractivity contribution in [2.75, 3.05) is 13.2 Å². The first kappa shape index (κ1) is 32.0. The molecule has 0 spiro atoms. The number of hydrogen-bond acceptors (Lipinski definition) is 7. The van der Waals surface area contributed by atoms with E-state index in [0.29, 0.717) is 23.2 Å². The molecule has 2 amide bonds. The lowest BCUT2D eigenvalue weighted by atomic mass is 9.96. The molecule has 3 N–H and O–H groups in total. The summed E-state index contributed by atoms with van der Waals surface area (Å²) in [7, 11) is 0. The van der Waals surface area contributed by atoms with Crippen molar-refractivity contribution in [2.45, 2.75) is 86.5 Å². The van der Waals surface area contributed by atoms with Gasteiger partial charge in [0.15, 0.2) is 12.0 Å². The van der Waals surface area contributed by atoms with Crippen molar-refractivity contribution in [3.63, 3.8) is 0 Å². The number of likely N-dealkylation sites (tertiary alicyclic amines) is 1. The number of β-amino-alcohol motifs (C(OH)–C–C–N with tert-alkyl or cyclic N) is 1. The van der Waals surface area contributed by atoms with Crippen molar-refractivity contribution in [3.8, 4) is 11.3 Å². The highest BCUT2D eigenvalue weighted by Gasteiger charge is 2.41. The quantitative estimate of drug-likeness (QED) is 0.388. The van der Waals surface area contributed by atoms with E-state index in [4.69, 9.17) is 4.42 Å². The topological polar surface area (TPSA) is 134 Å². The highest BCUT2D eigenvalue weighted by atomic mass is 16.3. The van der Waals surface area contributed by atoms with Crippen molar-refractivity contribution in [1.29, 1.82) is 0 Å². The van der Waals surface area contributed by atoms with Gasteiger partial charge in [-0.05, 0) is 18.9 Å². The van der Waals surface area contributed by atoms with Crippen molar-refractivity contribution in [1.82, 2.24) is 25.0 Å². The lowest BCUT2D eigenvalue weighted by Gasteiger charge is -2.29. The third-order valence-electron chi connectivity index (χ3n) is 6.94. The van der Waals surface area contributed by atoms with Crippen LogP contribution in [0.1, 0.15) is 73.4 Å². The molecule has 4 atom stereocenters. The molecule has 4 rings (SSSR count). The van der Waals surface area contributed by atoms with Crippen LogP contribution in [0.2, 0.25) is 0 Å². The van der Waals surface area contributed by atoms with Gasteiger partial charge in [-0.3, -0.25) is 14.3 Å². The lowest BCUT2D eigenvalue weighted by Crippen LogP contribution is -2.49. The molecule has 1 aliphatic heterocycles. The van der Waals surface area contributed by atoms with E-state index < -0.39 is 24.1 Å². The van der Waals surface area contributed by atoms with Gasteiger partial charge >= 0.3 is 0 Å². The number of carbonyl (C=O) groups excluding carboxylic acids is 2. The average Bonchev–Trinajstić information content (AvgIpc) is 3.72. The second-order valence-electron chi connectivity index (χ2n) is 9.44. The Kier molecular flexibility index (Phi) is 12.1. The summed E-state index contributed by atoms with van der Waals surface area (Å²) < 4.78 is 7.53. The fraction of sp³-hybridized carbons (Fsp3) is 0.586. The van der Waals surface area contributed by atoms with E-state index in [0.717, 1.165) is 11.3 Å². The zero-order valence-corrected chi connectivity index (χ0v) is 24.5. The first-order valence-electron chi connectivity index (χ1n) is 14.0. The summed E-state index contributed by atoms with van der Waals surface area (Å²) in [4.78, 5) is 32.1. The van der Waals surface area contributed by atoms with Crippen molar-refractivity contribution >= 4 is 22.9 Å². The molecule has 1 aromatic carbocycles. The van der Waals surface area contributed by atoms with E-state index in [2.05, 4.69) is 15.4 Å². The number of aryl methyl sites for hydroxylation is 1. The van der Waals surface area contributed by atoms with E-state index in [1.54, 1.807) is 12.3 Å². The fourth-order valence-corrected chi connectivity index (χ4v) is 4.61. The number of aliphatic hydroxyl groups is 2. The van der Waals surface area contributed by atoms with Crippen LogP contribution in [0.4, 0.5) is 0 Å². The summed E-state index contributed by atoms with van der Waals surface area (Å²) >= 11 is 0. The largest absolute Gasteiger partial charge is 0.443 e. The molecule has 3 heterocycles. The Labute approximate surface area is 231 Å². The van der Waals surface area contributed by atoms with E-state index in [1.807, 2.05) is 72.2 Å². The average molecular weight is 544 g/mol. The first-order chi connectivity index (χ1) is 18.8. The van der Waals surface area contributed by atoms with Crippen LogP contribution in [0.3, 0.4) is 0 Å². The van der Waals surface area contributed by atoms with Crippen LogP contribution in [0, 0.1) is 11.8 Å². The van der Waals surface area contributed by atoms with Crippen LogP contribution in [-0.2, 0) is 16.1 Å². The monoisotopic (exact) mass is 543 g/mol. The molecule has 216 valence electrons. The van der Waals surface area contributed by atoms with Crippen LogP contribution in [0.25, 0.3) is 22.4 Å². The SMILES string of the molecule is CC.CC.CCn1nccc1-c1ccc(C(CO)NC(=O)C2CC(O)CN2C(=O)C(C)C(C)C)c2ocnc12. The number of nitrogens with one attached hydrogen (secondary N) is 1. The molecule has 1 fully saturated rings. The predicted octanol–water partition coefficient (Wildman–Crippen LogP) is 4.17. The van der Waals surface area contributed by atoms with Gasteiger partial charge in [0.05, 0.1) is 24.4 Å². The number of hydrogen-bond donors (Lipinski definition) is 3. The molecule has 10 heteroatoms. The molecule has 1 saturated heterocycles. The van der Waals surface area contributed by atoms with Gasteiger partial charge < -0.3 is 24.8 Å². The Hall–Kier alpha value is -3.24. The molecule has 4 unspecified atom stereocenters. The van der Waals surface area contributed by atoms with Crippen molar-refractivity contribution in [2.24, 2.45) is 11.8 Å². The number of benzene rings is 1. The molecular weight excluding hydrogens is 498 g/mol. The van der Waals surface area contributed by atoms with Crippen molar-refractivity contribution < 1.29 is 24.2 Å². The minimum Gasteiger partial charge on any atom is -0.443 e. The maximum atomic E-state index is 13.3. The Morgan fingerprint density at radius 2 is 1.85 bits per heavy atom. The first-order valence-corrected chi connectivity index (χ1v) is 14.0. The molecule has 0 saturated carbocycles. The Morgan fingerprint density at radius 1 is 1.15 bits per heavy atom. The maximum Gasteiger partial charge on any atom is 0.243 e. The highest BCUT2D eigenvalue weighted by molar-refractivity contribution is 5.93. The smallest absolute Gasteiger partial charge is 0.243 e. The number of carbonyl (C=O) groups is 2. The third-order valence-corrected chi connectivity index (χ3v) is 6.94. The third kappa shape index (κ3) is 6.86. The highest BCUT2D eigenvalue weighted by Crippen LogP contribution is 2.33. The van der Waals surface area contributed by atoms with Crippen LogP contribution in [-0.4, -0.2) is 67.0 Å². The van der Waals surface area contributed by atoms with E-state index >= 15 is 0 Å². The van der Waals surface area contributed by atoms with Gasteiger partial charge in [0.2, 0.25) is 11.8 Å². The Bertz CT molecular complexity index is 1200. The van der Waals surface area contributed by atoms with Crippen LogP contribution >= 0.6 is 0 Å². The predicted molar refractivity (Wildman–Crippen MR) is 152 cm³/mol. The van der Waals surface area contributed by atoms with Gasteiger partial charge in [0, 0.05) is 42.8 Å². The Morgan fingerprint density at radius 3 is 2.46 bits per heavy atom. The number of aliphatic hydroxyl groups excluding tert-OH is 2. The zero-order valence-electron chi connectivity index (χ0n) is 24.5. The fourth-order valence-electron chi connectivity index (χ4n) is 4.61. The normalized spacial score (nSPS) is 18.2. The molecule has 10 nitrogen and oxygen atoms in total. The van der Waals surface area contributed by atoms with E-state index in [9.17, 15) is 19.8 Å². The number of fused-ring (bicyclic) bond motifs is 1. The van der Waals surface area contributed by atoms with Gasteiger partial charge in [0.25, 0.3) is 0 Å². The van der Waals surface area contributed by atoms with Gasteiger partial charge in [-0.15, -0.1) is 0 Å². The van der Waals surface area contributed by atoms with E-state index in [1.165, 1.54) is 11.3 Å². The van der Waals surface area contributed by atoms with Crippen LogP contribution in [0.5, 0.6) is 0 Å². The lowest BCUT2D eigenvalue weighted by molar-refractivity contribution is -0.142. The summed E-state index contributed by atoms with van der Waals surface area (Å²) in [6, 6.07) is 3.98. The summed E-state index contributed by atoms with van der Waals surface area (Å²) in [5, 5.41) is 27.6. The van der Waals surface area contributed by atoms with Crippen LogP contribution in [0.15, 0.2) is 35.2 Å². The molecule has 39 heavy (non-hydrogen) atoms. The molecule has 1 aliphatic rings. The summed E-state index contributed by atoms with van der Waals surface area (Å²) in [6.45, 7) is 16.2. The molecule has 0 bridgehead atoms. The van der Waals surface area contributed by atoms with Gasteiger partial charge in [-0.1, -0.05) is 60.6 Å². The molecular formula is C29H45N5O5. The van der Waals surface area contributed by atoms with Gasteiger partial charge in [0.1, 0.15) is 11.6 Å². The minimum absolute atomic E-state index is 0.108. The molecule has 0 radical (unpaired) electrons. The second-order valence-corrected chi connectivity index (χ2v) is 9.44. The van der Waals surface area contributed by atoms with Gasteiger partial charge in [-0.2, -0.15) is 5.10 Å². The summed E-state index contributed by atoms with van der Waals surface area (Å²) in [5.74, 6) is -0.754. The number of amides is 2.